The Bertz CT molecular complexity index is 1080. The third-order valence-corrected chi connectivity index (χ3v) is 4.88. The maximum atomic E-state index is 12.7. The number of carboxylic acid groups (broad SMARTS) is 1. The van der Waals surface area contributed by atoms with Crippen LogP contribution in [0, 0.1) is 0 Å². The summed E-state index contributed by atoms with van der Waals surface area (Å²) in [6, 6.07) is 5.71. The lowest BCUT2D eigenvalue weighted by atomic mass is 10.0. The number of nitrogens with zero attached hydrogens (tertiary/aromatic N) is 5. The fourth-order valence-corrected chi connectivity index (χ4v) is 3.38. The van der Waals surface area contributed by atoms with Gasteiger partial charge in [0.2, 0.25) is 5.91 Å². The number of aryl methyl sites for hydroxylation is 1. The summed E-state index contributed by atoms with van der Waals surface area (Å²) < 4.78 is 1.76. The van der Waals surface area contributed by atoms with E-state index in [4.69, 9.17) is 9.90 Å². The van der Waals surface area contributed by atoms with E-state index in [1.165, 1.54) is 0 Å². The van der Waals surface area contributed by atoms with Gasteiger partial charge in [0.1, 0.15) is 5.69 Å². The summed E-state index contributed by atoms with van der Waals surface area (Å²) >= 11 is 0. The number of carbonyl (C=O) groups is 3. The van der Waals surface area contributed by atoms with Crippen LogP contribution in [0.2, 0.25) is 0 Å². The Kier molecular flexibility index (Phi) is 7.63. The van der Waals surface area contributed by atoms with Crippen molar-refractivity contribution < 1.29 is 19.5 Å². The third-order valence-electron chi connectivity index (χ3n) is 4.88. The van der Waals surface area contributed by atoms with Crippen molar-refractivity contribution in [2.45, 2.75) is 25.9 Å². The van der Waals surface area contributed by atoms with Crippen LogP contribution in [-0.4, -0.2) is 54.4 Å². The fourth-order valence-electron chi connectivity index (χ4n) is 3.38. The molecule has 1 aliphatic rings. The minimum Gasteiger partial charge on any atom is -0.483 e. The van der Waals surface area contributed by atoms with Gasteiger partial charge in [-0.3, -0.25) is 24.4 Å². The largest absolute Gasteiger partial charge is 0.483 e. The first kappa shape index (κ1) is 22.6. The summed E-state index contributed by atoms with van der Waals surface area (Å²) in [6.45, 7) is 1.26. The summed E-state index contributed by atoms with van der Waals surface area (Å²) in [5.74, 6) is -0.144. The summed E-state index contributed by atoms with van der Waals surface area (Å²) in [7, 11) is 1.84. The number of imidazole rings is 1. The van der Waals surface area contributed by atoms with E-state index in [9.17, 15) is 9.59 Å². The van der Waals surface area contributed by atoms with Gasteiger partial charge in [-0.05, 0) is 28.8 Å². The van der Waals surface area contributed by atoms with Crippen LogP contribution in [0.1, 0.15) is 32.9 Å². The van der Waals surface area contributed by atoms with Gasteiger partial charge >= 0.3 is 0 Å². The standard InChI is InChI=1S/C21H22N6O2.CH2O2/c1-26-13-19(25-14-26)21(29)27-6-4-18-17(12-27)7-16(10-23-18)11-24-20(28)8-15-3-2-5-22-9-15;2-1-3/h2-3,5,7,9-10,13-14H,4,6,8,11-12H2,1H3,(H,24,28);1H,(H,2,3). The predicted molar refractivity (Wildman–Crippen MR) is 114 cm³/mol. The van der Waals surface area contributed by atoms with Gasteiger partial charge in [0.05, 0.1) is 12.7 Å². The molecule has 2 N–H and O–H groups in total. The number of aromatic nitrogens is 4. The molecule has 0 aromatic carbocycles. The minimum atomic E-state index is -0.250. The van der Waals surface area contributed by atoms with Crippen LogP contribution < -0.4 is 5.32 Å². The zero-order chi connectivity index (χ0) is 22.9. The minimum absolute atomic E-state index is 0.0670. The zero-order valence-electron chi connectivity index (χ0n) is 17.6. The average Bonchev–Trinajstić information content (AvgIpc) is 3.24. The first-order chi connectivity index (χ1) is 15.5. The first-order valence-electron chi connectivity index (χ1n) is 9.97. The summed E-state index contributed by atoms with van der Waals surface area (Å²) in [5.41, 5.74) is 4.25. The number of rotatable bonds is 5. The lowest BCUT2D eigenvalue weighted by Gasteiger charge is -2.28. The van der Waals surface area contributed by atoms with E-state index in [0.29, 0.717) is 38.2 Å². The highest BCUT2D eigenvalue weighted by molar-refractivity contribution is 5.92. The van der Waals surface area contributed by atoms with Gasteiger partial charge in [-0.25, -0.2) is 4.98 Å². The number of hydrogen-bond donors (Lipinski definition) is 2. The quantitative estimate of drug-likeness (QED) is 0.570. The van der Waals surface area contributed by atoms with E-state index >= 15 is 0 Å². The van der Waals surface area contributed by atoms with E-state index in [0.717, 1.165) is 22.4 Å². The van der Waals surface area contributed by atoms with Crippen molar-refractivity contribution >= 4 is 18.3 Å². The second kappa shape index (κ2) is 10.8. The van der Waals surface area contributed by atoms with Crippen molar-refractivity contribution in [2.24, 2.45) is 7.05 Å². The lowest BCUT2D eigenvalue weighted by molar-refractivity contribution is -0.123. The summed E-state index contributed by atoms with van der Waals surface area (Å²) in [6.07, 6.45) is 9.51. The molecular formula is C22H24N6O4. The summed E-state index contributed by atoms with van der Waals surface area (Å²) in [5, 5.41) is 9.81. The lowest BCUT2D eigenvalue weighted by Crippen LogP contribution is -2.36. The Hall–Kier alpha value is -4.08. The molecule has 4 rings (SSSR count). The van der Waals surface area contributed by atoms with Crippen molar-refractivity contribution in [1.82, 2.24) is 29.7 Å². The highest BCUT2D eigenvalue weighted by Crippen LogP contribution is 2.20. The number of fused-ring (bicyclic) bond motifs is 1. The molecule has 0 radical (unpaired) electrons. The van der Waals surface area contributed by atoms with Gasteiger partial charge in [0.25, 0.3) is 12.4 Å². The second-order valence-electron chi connectivity index (χ2n) is 7.27. The van der Waals surface area contributed by atoms with Crippen molar-refractivity contribution in [3.8, 4) is 0 Å². The molecule has 1 aliphatic heterocycles. The van der Waals surface area contributed by atoms with Crippen molar-refractivity contribution in [3.05, 3.63) is 77.4 Å². The average molecular weight is 436 g/mol. The van der Waals surface area contributed by atoms with E-state index < -0.39 is 0 Å². The van der Waals surface area contributed by atoms with Gasteiger partial charge in [-0.2, -0.15) is 0 Å². The van der Waals surface area contributed by atoms with E-state index in [1.807, 2.05) is 25.2 Å². The van der Waals surface area contributed by atoms with E-state index in [-0.39, 0.29) is 18.3 Å². The molecule has 0 bridgehead atoms. The molecular weight excluding hydrogens is 412 g/mol. The van der Waals surface area contributed by atoms with Gasteiger partial charge < -0.3 is 19.9 Å². The maximum absolute atomic E-state index is 12.7. The zero-order valence-corrected chi connectivity index (χ0v) is 17.6. The molecule has 3 aromatic rings. The number of pyridine rings is 2. The first-order valence-corrected chi connectivity index (χ1v) is 9.97. The van der Waals surface area contributed by atoms with Crippen LogP contribution in [0.25, 0.3) is 0 Å². The van der Waals surface area contributed by atoms with Gasteiger partial charge in [0, 0.05) is 63.6 Å². The molecule has 0 spiro atoms. The molecule has 32 heavy (non-hydrogen) atoms. The van der Waals surface area contributed by atoms with E-state index in [2.05, 4.69) is 20.3 Å². The molecule has 0 saturated carbocycles. The Morgan fingerprint density at radius 3 is 2.75 bits per heavy atom. The molecule has 3 aromatic heterocycles. The second-order valence-corrected chi connectivity index (χ2v) is 7.27. The fraction of sp³-hybridized carbons (Fsp3) is 0.273. The SMILES string of the molecule is Cn1cnc(C(=O)N2CCc3ncc(CNC(=O)Cc4cccnc4)cc3C2)c1.O=CO. The molecule has 0 fully saturated rings. The Balaban J connectivity index is 0.000000913. The van der Waals surface area contributed by atoms with Crippen molar-refractivity contribution in [2.75, 3.05) is 6.54 Å². The van der Waals surface area contributed by atoms with Crippen LogP contribution in [0.4, 0.5) is 0 Å². The molecule has 4 heterocycles. The van der Waals surface area contributed by atoms with Crippen molar-refractivity contribution in [3.63, 3.8) is 0 Å². The molecule has 0 saturated heterocycles. The molecule has 0 atom stereocenters. The smallest absolute Gasteiger partial charge is 0.290 e. The number of amides is 2. The van der Waals surface area contributed by atoms with Crippen LogP contribution in [0.3, 0.4) is 0 Å². The van der Waals surface area contributed by atoms with Gasteiger partial charge in [-0.15, -0.1) is 0 Å². The van der Waals surface area contributed by atoms with Crippen LogP contribution in [-0.2, 0) is 42.6 Å². The summed E-state index contributed by atoms with van der Waals surface area (Å²) in [4.78, 5) is 47.7. The maximum Gasteiger partial charge on any atom is 0.290 e. The predicted octanol–water partition coefficient (Wildman–Crippen LogP) is 0.968. The number of nitrogens with one attached hydrogen (secondary N) is 1. The normalized spacial score (nSPS) is 12.2. The Labute approximate surface area is 184 Å². The molecule has 10 nitrogen and oxygen atoms in total. The highest BCUT2D eigenvalue weighted by Gasteiger charge is 2.24. The molecule has 0 unspecified atom stereocenters. The Morgan fingerprint density at radius 2 is 2.06 bits per heavy atom. The van der Waals surface area contributed by atoms with Crippen LogP contribution >= 0.6 is 0 Å². The van der Waals surface area contributed by atoms with Crippen LogP contribution in [0.5, 0.6) is 0 Å². The van der Waals surface area contributed by atoms with Gasteiger partial charge in [-0.1, -0.05) is 6.07 Å². The highest BCUT2D eigenvalue weighted by atomic mass is 16.3. The van der Waals surface area contributed by atoms with E-state index in [1.54, 1.807) is 40.6 Å². The van der Waals surface area contributed by atoms with Crippen molar-refractivity contribution in [1.29, 1.82) is 0 Å². The van der Waals surface area contributed by atoms with Gasteiger partial charge in [0.15, 0.2) is 0 Å². The molecule has 166 valence electrons. The topological polar surface area (TPSA) is 130 Å². The number of hydrogen-bond acceptors (Lipinski definition) is 6. The third kappa shape index (κ3) is 5.97. The number of carbonyl (C=O) groups excluding carboxylic acids is 2. The molecule has 2 amide bonds. The monoisotopic (exact) mass is 436 g/mol. The molecule has 10 heteroatoms. The Morgan fingerprint density at radius 1 is 1.25 bits per heavy atom. The molecule has 0 aliphatic carbocycles. The van der Waals surface area contributed by atoms with Crippen LogP contribution in [0.15, 0.2) is 49.3 Å².